The number of pyridine rings is 1. The summed E-state index contributed by atoms with van der Waals surface area (Å²) in [6.45, 7) is 4.98. The Balaban J connectivity index is 1.29. The molecule has 0 saturated carbocycles. The van der Waals surface area contributed by atoms with Gasteiger partial charge in [0.15, 0.2) is 0 Å². The Morgan fingerprint density at radius 1 is 1.00 bits per heavy atom. The maximum absolute atomic E-state index is 12.7. The number of piperazine rings is 1. The van der Waals surface area contributed by atoms with Crippen molar-refractivity contribution in [3.63, 3.8) is 0 Å². The second-order valence-electron chi connectivity index (χ2n) is 7.92. The van der Waals surface area contributed by atoms with Gasteiger partial charge in [-0.05, 0) is 30.2 Å². The van der Waals surface area contributed by atoms with Crippen molar-refractivity contribution in [1.29, 1.82) is 0 Å². The number of benzene rings is 2. The Morgan fingerprint density at radius 2 is 1.78 bits per heavy atom. The lowest BCUT2D eigenvalue weighted by atomic mass is 10.1. The van der Waals surface area contributed by atoms with Crippen LogP contribution in [0.4, 0.5) is 5.69 Å². The number of carbonyl (C=O) groups excluding carboxylic acids is 2. The lowest BCUT2D eigenvalue weighted by molar-refractivity contribution is -0.127. The third kappa shape index (κ3) is 5.21. The van der Waals surface area contributed by atoms with Gasteiger partial charge in [0.2, 0.25) is 11.8 Å². The van der Waals surface area contributed by atoms with Crippen molar-refractivity contribution in [1.82, 2.24) is 14.8 Å². The van der Waals surface area contributed by atoms with Crippen LogP contribution in [0.2, 0.25) is 0 Å². The van der Waals surface area contributed by atoms with E-state index >= 15 is 0 Å². The van der Waals surface area contributed by atoms with Crippen molar-refractivity contribution in [2.24, 2.45) is 0 Å². The highest BCUT2D eigenvalue weighted by molar-refractivity contribution is 5.95. The first-order valence-corrected chi connectivity index (χ1v) is 11.0. The molecule has 0 spiro atoms. The van der Waals surface area contributed by atoms with Gasteiger partial charge in [0, 0.05) is 55.1 Å². The minimum atomic E-state index is -0.0194. The fourth-order valence-corrected chi connectivity index (χ4v) is 4.00. The summed E-state index contributed by atoms with van der Waals surface area (Å²) < 4.78 is 0. The van der Waals surface area contributed by atoms with Crippen LogP contribution in [0.5, 0.6) is 0 Å². The number of nitrogens with one attached hydrogen (secondary N) is 1. The Bertz CT molecular complexity index is 1130. The molecule has 6 nitrogen and oxygen atoms in total. The molecule has 4 rings (SSSR count). The minimum Gasteiger partial charge on any atom is -0.337 e. The largest absolute Gasteiger partial charge is 0.337 e. The zero-order chi connectivity index (χ0) is 22.3. The van der Waals surface area contributed by atoms with Crippen molar-refractivity contribution < 1.29 is 9.59 Å². The number of hydrogen-bond donors (Lipinski definition) is 1. The van der Waals surface area contributed by atoms with Crippen LogP contribution in [0.25, 0.3) is 17.0 Å². The number of amides is 2. The van der Waals surface area contributed by atoms with Crippen LogP contribution in [0.1, 0.15) is 18.1 Å². The summed E-state index contributed by atoms with van der Waals surface area (Å²) in [5.41, 5.74) is 3.82. The molecule has 1 aliphatic rings. The molecule has 3 aromatic rings. The number of rotatable bonds is 6. The Hall–Kier alpha value is -3.51. The zero-order valence-electron chi connectivity index (χ0n) is 18.3. The van der Waals surface area contributed by atoms with Crippen LogP contribution < -0.4 is 5.32 Å². The molecular formula is C26H28N4O2. The molecule has 6 heteroatoms. The molecule has 1 aliphatic heterocycles. The first kappa shape index (κ1) is 21.7. The Labute approximate surface area is 188 Å². The standard InChI is InChI=1S/C26H28N4O2/c1-2-20-7-3-4-11-23(20)28-24(31)19-29-15-17-30(18-16-29)25(32)13-12-22-9-5-8-21-10-6-14-27-26(21)22/h3-14H,2,15-19H2,1H3,(H,28,31). The summed E-state index contributed by atoms with van der Waals surface area (Å²) in [6.07, 6.45) is 6.09. The predicted molar refractivity (Wildman–Crippen MR) is 128 cm³/mol. The molecule has 0 radical (unpaired) electrons. The third-order valence-corrected chi connectivity index (χ3v) is 5.79. The van der Waals surface area contributed by atoms with Crippen molar-refractivity contribution in [2.45, 2.75) is 13.3 Å². The number of hydrogen-bond acceptors (Lipinski definition) is 4. The molecule has 0 aliphatic carbocycles. The van der Waals surface area contributed by atoms with E-state index in [4.69, 9.17) is 0 Å². The average molecular weight is 429 g/mol. The molecule has 2 heterocycles. The number of nitrogens with zero attached hydrogens (tertiary/aromatic N) is 3. The second-order valence-corrected chi connectivity index (χ2v) is 7.92. The maximum atomic E-state index is 12.7. The van der Waals surface area contributed by atoms with Crippen LogP contribution in [-0.4, -0.2) is 59.3 Å². The summed E-state index contributed by atoms with van der Waals surface area (Å²) in [5, 5.41) is 4.07. The summed E-state index contributed by atoms with van der Waals surface area (Å²) in [4.78, 5) is 33.5. The van der Waals surface area contributed by atoms with Gasteiger partial charge in [-0.25, -0.2) is 0 Å². The average Bonchev–Trinajstić information content (AvgIpc) is 2.83. The monoisotopic (exact) mass is 428 g/mol. The van der Waals surface area contributed by atoms with Crippen LogP contribution in [0.3, 0.4) is 0 Å². The van der Waals surface area contributed by atoms with Gasteiger partial charge in [-0.15, -0.1) is 0 Å². The topological polar surface area (TPSA) is 65.5 Å². The van der Waals surface area contributed by atoms with E-state index in [1.54, 1.807) is 12.3 Å². The quantitative estimate of drug-likeness (QED) is 0.610. The molecule has 2 amide bonds. The lowest BCUT2D eigenvalue weighted by Gasteiger charge is -2.33. The summed E-state index contributed by atoms with van der Waals surface area (Å²) in [6, 6.07) is 17.7. The molecule has 164 valence electrons. The minimum absolute atomic E-state index is 0.0149. The van der Waals surface area contributed by atoms with E-state index in [1.807, 2.05) is 65.6 Å². The van der Waals surface area contributed by atoms with E-state index in [2.05, 4.69) is 22.1 Å². The number of aryl methyl sites for hydroxylation is 1. The van der Waals surface area contributed by atoms with Crippen LogP contribution in [-0.2, 0) is 16.0 Å². The van der Waals surface area contributed by atoms with Gasteiger partial charge in [-0.1, -0.05) is 49.4 Å². The Morgan fingerprint density at radius 3 is 2.59 bits per heavy atom. The smallest absolute Gasteiger partial charge is 0.246 e. The predicted octanol–water partition coefficient (Wildman–Crippen LogP) is 3.59. The fraction of sp³-hybridized carbons (Fsp3) is 0.269. The molecule has 0 unspecified atom stereocenters. The molecule has 32 heavy (non-hydrogen) atoms. The normalized spacial score (nSPS) is 14.7. The van der Waals surface area contributed by atoms with Crippen LogP contribution in [0, 0.1) is 0 Å². The second kappa shape index (κ2) is 10.2. The molecule has 1 N–H and O–H groups in total. The van der Waals surface area contributed by atoms with Gasteiger partial charge in [0.1, 0.15) is 0 Å². The van der Waals surface area contributed by atoms with Crippen molar-refractivity contribution >= 4 is 34.5 Å². The maximum Gasteiger partial charge on any atom is 0.246 e. The van der Waals surface area contributed by atoms with Gasteiger partial charge < -0.3 is 10.2 Å². The summed E-state index contributed by atoms with van der Waals surface area (Å²) in [5.74, 6) is -0.0343. The third-order valence-electron chi connectivity index (χ3n) is 5.79. The van der Waals surface area contributed by atoms with Crippen molar-refractivity contribution in [3.05, 3.63) is 78.0 Å². The van der Waals surface area contributed by atoms with E-state index in [0.29, 0.717) is 32.7 Å². The van der Waals surface area contributed by atoms with Gasteiger partial charge in [-0.2, -0.15) is 0 Å². The summed E-state index contributed by atoms with van der Waals surface area (Å²) in [7, 11) is 0. The van der Waals surface area contributed by atoms with E-state index in [9.17, 15) is 9.59 Å². The van der Waals surface area contributed by atoms with Gasteiger partial charge in [-0.3, -0.25) is 19.5 Å². The van der Waals surface area contributed by atoms with Crippen LogP contribution in [0.15, 0.2) is 66.9 Å². The molecule has 1 aromatic heterocycles. The molecule has 2 aromatic carbocycles. The highest BCUT2D eigenvalue weighted by Gasteiger charge is 2.21. The first-order chi connectivity index (χ1) is 15.6. The number of carbonyl (C=O) groups is 2. The molecule has 0 atom stereocenters. The number of anilines is 1. The molecular weight excluding hydrogens is 400 g/mol. The van der Waals surface area contributed by atoms with Gasteiger partial charge in [0.25, 0.3) is 0 Å². The summed E-state index contributed by atoms with van der Waals surface area (Å²) >= 11 is 0. The highest BCUT2D eigenvalue weighted by Crippen LogP contribution is 2.18. The van der Waals surface area contributed by atoms with Gasteiger partial charge >= 0.3 is 0 Å². The number of fused-ring (bicyclic) bond motifs is 1. The van der Waals surface area contributed by atoms with E-state index in [1.165, 1.54) is 0 Å². The van der Waals surface area contributed by atoms with Crippen molar-refractivity contribution in [2.75, 3.05) is 38.0 Å². The lowest BCUT2D eigenvalue weighted by Crippen LogP contribution is -2.50. The van der Waals surface area contributed by atoms with Crippen LogP contribution >= 0.6 is 0 Å². The molecule has 1 fully saturated rings. The highest BCUT2D eigenvalue weighted by atomic mass is 16.2. The first-order valence-electron chi connectivity index (χ1n) is 11.0. The molecule has 0 bridgehead atoms. The molecule has 1 saturated heterocycles. The zero-order valence-corrected chi connectivity index (χ0v) is 18.3. The van der Waals surface area contributed by atoms with Gasteiger partial charge in [0.05, 0.1) is 12.1 Å². The van der Waals surface area contributed by atoms with E-state index in [0.717, 1.165) is 34.1 Å². The number of aromatic nitrogens is 1. The number of para-hydroxylation sites is 2. The van der Waals surface area contributed by atoms with E-state index < -0.39 is 0 Å². The Kier molecular flexibility index (Phi) is 6.92. The fourth-order valence-electron chi connectivity index (χ4n) is 4.00. The van der Waals surface area contributed by atoms with E-state index in [-0.39, 0.29) is 11.8 Å². The SMILES string of the molecule is CCc1ccccc1NC(=O)CN1CCN(C(=O)C=Cc2cccc3cccnc23)CC1. The van der Waals surface area contributed by atoms with Crippen molar-refractivity contribution in [3.8, 4) is 0 Å².